The Labute approximate surface area is 70.0 Å². The maximum Gasteiger partial charge on any atom is 0.168 e. The van der Waals surface area contributed by atoms with Crippen LogP contribution in [0.5, 0.6) is 0 Å². The third-order valence-corrected chi connectivity index (χ3v) is 2.12. The van der Waals surface area contributed by atoms with E-state index in [2.05, 4.69) is 21.7 Å². The summed E-state index contributed by atoms with van der Waals surface area (Å²) in [7, 11) is 1.78. The highest BCUT2D eigenvalue weighted by Gasteiger charge is 2.46. The van der Waals surface area contributed by atoms with Crippen LogP contribution in [0, 0.1) is 11.3 Å². The van der Waals surface area contributed by atoms with Gasteiger partial charge in [0.15, 0.2) is 11.4 Å². The molecule has 0 aromatic carbocycles. The highest BCUT2D eigenvalue weighted by atomic mass is 15.5. The monoisotopic (exact) mass is 163 g/mol. The Morgan fingerprint density at radius 2 is 2.50 bits per heavy atom. The Bertz CT molecular complexity index is 330. The standard InChI is InChI=1S/C7H9N5/c1-9-6-4-12(11-10-6)7(5-8)2-3-7/h4,9H,2-3H2,1H3. The van der Waals surface area contributed by atoms with Crippen molar-refractivity contribution in [3.05, 3.63) is 6.20 Å². The van der Waals surface area contributed by atoms with Crippen molar-refractivity contribution in [2.24, 2.45) is 0 Å². The zero-order valence-electron chi connectivity index (χ0n) is 6.78. The van der Waals surface area contributed by atoms with Crippen molar-refractivity contribution in [3.8, 4) is 6.07 Å². The number of aromatic nitrogens is 3. The Morgan fingerprint density at radius 3 is 2.92 bits per heavy atom. The highest BCUT2D eigenvalue weighted by molar-refractivity contribution is 5.30. The zero-order chi connectivity index (χ0) is 8.60. The molecule has 1 saturated carbocycles. The first-order valence-electron chi connectivity index (χ1n) is 3.82. The average Bonchev–Trinajstić information content (AvgIpc) is 2.77. The van der Waals surface area contributed by atoms with Crippen LogP contribution in [-0.4, -0.2) is 22.0 Å². The predicted octanol–water partition coefficient (Wildman–Crippen LogP) is 0.332. The molecule has 5 heteroatoms. The van der Waals surface area contributed by atoms with Crippen LogP contribution in [0.2, 0.25) is 0 Å². The fourth-order valence-corrected chi connectivity index (χ4v) is 1.10. The second-order valence-electron chi connectivity index (χ2n) is 2.94. The highest BCUT2D eigenvalue weighted by Crippen LogP contribution is 2.42. The molecule has 0 bridgehead atoms. The van der Waals surface area contributed by atoms with Gasteiger partial charge < -0.3 is 5.32 Å². The van der Waals surface area contributed by atoms with Gasteiger partial charge in [-0.1, -0.05) is 5.21 Å². The fraction of sp³-hybridized carbons (Fsp3) is 0.571. The normalized spacial score (nSPS) is 18.3. The number of nitriles is 1. The molecule has 0 saturated heterocycles. The van der Waals surface area contributed by atoms with E-state index in [1.165, 1.54) is 0 Å². The molecule has 1 N–H and O–H groups in total. The van der Waals surface area contributed by atoms with Gasteiger partial charge in [-0.2, -0.15) is 5.26 Å². The summed E-state index contributed by atoms with van der Waals surface area (Å²) in [5.74, 6) is 0.705. The molecule has 1 aromatic rings. The molecule has 62 valence electrons. The van der Waals surface area contributed by atoms with E-state index in [4.69, 9.17) is 5.26 Å². The molecule has 5 nitrogen and oxygen atoms in total. The Kier molecular flexibility index (Phi) is 1.30. The van der Waals surface area contributed by atoms with E-state index in [-0.39, 0.29) is 5.54 Å². The summed E-state index contributed by atoms with van der Waals surface area (Å²) < 4.78 is 1.64. The number of hydrogen-bond donors (Lipinski definition) is 1. The van der Waals surface area contributed by atoms with Crippen molar-refractivity contribution >= 4 is 5.82 Å². The number of hydrogen-bond acceptors (Lipinski definition) is 4. The first-order chi connectivity index (χ1) is 5.80. The molecule has 1 aliphatic carbocycles. The van der Waals surface area contributed by atoms with Crippen LogP contribution >= 0.6 is 0 Å². The smallest absolute Gasteiger partial charge is 0.168 e. The van der Waals surface area contributed by atoms with Crippen molar-refractivity contribution in [1.82, 2.24) is 15.0 Å². The summed E-state index contributed by atoms with van der Waals surface area (Å²) >= 11 is 0. The van der Waals surface area contributed by atoms with Gasteiger partial charge in [-0.15, -0.1) is 5.10 Å². The van der Waals surface area contributed by atoms with E-state index in [0.717, 1.165) is 12.8 Å². The number of nitrogens with one attached hydrogen (secondary N) is 1. The molecule has 2 rings (SSSR count). The minimum Gasteiger partial charge on any atom is -0.370 e. The zero-order valence-corrected chi connectivity index (χ0v) is 6.78. The van der Waals surface area contributed by atoms with E-state index in [9.17, 15) is 0 Å². The van der Waals surface area contributed by atoms with Crippen molar-refractivity contribution in [1.29, 1.82) is 5.26 Å². The molecule has 1 aliphatic rings. The fourth-order valence-electron chi connectivity index (χ4n) is 1.10. The van der Waals surface area contributed by atoms with E-state index in [1.54, 1.807) is 17.9 Å². The Morgan fingerprint density at radius 1 is 1.75 bits per heavy atom. The topological polar surface area (TPSA) is 66.5 Å². The number of nitrogens with zero attached hydrogens (tertiary/aromatic N) is 4. The molecule has 0 amide bonds. The van der Waals surface area contributed by atoms with Gasteiger partial charge in [0.25, 0.3) is 0 Å². The summed E-state index contributed by atoms with van der Waals surface area (Å²) in [6.07, 6.45) is 3.53. The van der Waals surface area contributed by atoms with Gasteiger partial charge in [0.05, 0.1) is 12.3 Å². The van der Waals surface area contributed by atoms with Crippen molar-refractivity contribution < 1.29 is 0 Å². The van der Waals surface area contributed by atoms with Crippen LogP contribution in [0.1, 0.15) is 12.8 Å². The third kappa shape index (κ3) is 0.848. The minimum atomic E-state index is -0.387. The average molecular weight is 163 g/mol. The van der Waals surface area contributed by atoms with Crippen LogP contribution in [0.15, 0.2) is 6.20 Å². The van der Waals surface area contributed by atoms with Gasteiger partial charge in [0, 0.05) is 7.05 Å². The van der Waals surface area contributed by atoms with Crippen LogP contribution in [0.3, 0.4) is 0 Å². The van der Waals surface area contributed by atoms with E-state index in [1.807, 2.05) is 0 Å². The Balaban J connectivity index is 2.30. The molecular formula is C7H9N5. The quantitative estimate of drug-likeness (QED) is 0.682. The summed E-state index contributed by atoms with van der Waals surface area (Å²) in [4.78, 5) is 0. The van der Waals surface area contributed by atoms with Crippen LogP contribution in [-0.2, 0) is 5.54 Å². The minimum absolute atomic E-state index is 0.387. The molecule has 0 atom stereocenters. The second kappa shape index (κ2) is 2.21. The van der Waals surface area contributed by atoms with Gasteiger partial charge in [-0.05, 0) is 12.8 Å². The first kappa shape index (κ1) is 7.10. The van der Waals surface area contributed by atoms with E-state index < -0.39 is 0 Å². The van der Waals surface area contributed by atoms with Crippen LogP contribution in [0.4, 0.5) is 5.82 Å². The second-order valence-corrected chi connectivity index (χ2v) is 2.94. The number of anilines is 1. The molecule has 0 spiro atoms. The predicted molar refractivity (Wildman–Crippen MR) is 42.4 cm³/mol. The molecule has 1 heterocycles. The molecule has 12 heavy (non-hydrogen) atoms. The summed E-state index contributed by atoms with van der Waals surface area (Å²) in [6, 6.07) is 2.24. The van der Waals surface area contributed by atoms with Crippen LogP contribution in [0.25, 0.3) is 0 Å². The third-order valence-electron chi connectivity index (χ3n) is 2.12. The van der Waals surface area contributed by atoms with Crippen molar-refractivity contribution in [2.75, 3.05) is 12.4 Å². The number of rotatable bonds is 2. The largest absolute Gasteiger partial charge is 0.370 e. The summed E-state index contributed by atoms with van der Waals surface area (Å²) in [6.45, 7) is 0. The first-order valence-corrected chi connectivity index (χ1v) is 3.82. The van der Waals surface area contributed by atoms with Gasteiger partial charge in [0.1, 0.15) is 0 Å². The van der Waals surface area contributed by atoms with Gasteiger partial charge >= 0.3 is 0 Å². The lowest BCUT2D eigenvalue weighted by atomic mass is 10.3. The molecule has 1 aromatic heterocycles. The molecular weight excluding hydrogens is 154 g/mol. The lowest BCUT2D eigenvalue weighted by Gasteiger charge is -2.02. The molecule has 1 fully saturated rings. The van der Waals surface area contributed by atoms with Gasteiger partial charge in [0.2, 0.25) is 0 Å². The molecule has 0 unspecified atom stereocenters. The van der Waals surface area contributed by atoms with Gasteiger partial charge in [-0.25, -0.2) is 4.68 Å². The summed E-state index contributed by atoms with van der Waals surface area (Å²) in [5, 5.41) is 19.4. The molecule has 0 aliphatic heterocycles. The Hall–Kier alpha value is -1.57. The van der Waals surface area contributed by atoms with Crippen molar-refractivity contribution in [3.63, 3.8) is 0 Å². The maximum absolute atomic E-state index is 8.83. The van der Waals surface area contributed by atoms with Crippen LogP contribution < -0.4 is 5.32 Å². The lowest BCUT2D eigenvalue weighted by Crippen LogP contribution is -2.14. The maximum atomic E-state index is 8.83. The van der Waals surface area contributed by atoms with E-state index >= 15 is 0 Å². The summed E-state index contributed by atoms with van der Waals surface area (Å²) in [5.41, 5.74) is -0.387. The van der Waals surface area contributed by atoms with Gasteiger partial charge in [-0.3, -0.25) is 0 Å². The van der Waals surface area contributed by atoms with Crippen molar-refractivity contribution in [2.45, 2.75) is 18.4 Å². The van der Waals surface area contributed by atoms with E-state index in [0.29, 0.717) is 5.82 Å². The lowest BCUT2D eigenvalue weighted by molar-refractivity contribution is 0.516. The SMILES string of the molecule is CNc1cn(C2(C#N)CC2)nn1. The molecule has 0 radical (unpaired) electrons.